The Kier molecular flexibility index (Phi) is 7.08. The SMILES string of the molecule is CCCCC(C)CCN1CCCCCC1. The Morgan fingerprint density at radius 1 is 1.00 bits per heavy atom. The van der Waals surface area contributed by atoms with E-state index in [1.807, 2.05) is 0 Å². The topological polar surface area (TPSA) is 3.24 Å². The van der Waals surface area contributed by atoms with Crippen molar-refractivity contribution >= 4 is 0 Å². The van der Waals surface area contributed by atoms with Crippen LogP contribution in [0.15, 0.2) is 0 Å². The van der Waals surface area contributed by atoms with Crippen LogP contribution in [-0.2, 0) is 0 Å². The molecular weight excluding hydrogens is 182 g/mol. The molecule has 0 aromatic heterocycles. The van der Waals surface area contributed by atoms with Gasteiger partial charge in [0, 0.05) is 0 Å². The van der Waals surface area contributed by atoms with Gasteiger partial charge in [0.15, 0.2) is 0 Å². The third kappa shape index (κ3) is 6.19. The van der Waals surface area contributed by atoms with E-state index in [0.717, 1.165) is 5.92 Å². The van der Waals surface area contributed by atoms with Gasteiger partial charge in [0.1, 0.15) is 0 Å². The first-order valence-corrected chi connectivity index (χ1v) is 7.05. The number of unbranched alkanes of at least 4 members (excludes halogenated alkanes) is 1. The fourth-order valence-electron chi connectivity index (χ4n) is 2.46. The maximum Gasteiger partial charge on any atom is -0.00162 e. The first kappa shape index (κ1) is 13.0. The zero-order valence-electron chi connectivity index (χ0n) is 10.8. The average molecular weight is 211 g/mol. The van der Waals surface area contributed by atoms with Crippen LogP contribution in [0.1, 0.15) is 65.2 Å². The standard InChI is InChI=1S/C14H29N/c1-3-4-9-14(2)10-13-15-11-7-5-6-8-12-15/h14H,3-13H2,1-2H3. The maximum absolute atomic E-state index is 2.69. The Morgan fingerprint density at radius 3 is 2.27 bits per heavy atom. The summed E-state index contributed by atoms with van der Waals surface area (Å²) in [5.74, 6) is 0.938. The molecular formula is C14H29N. The highest BCUT2D eigenvalue weighted by Gasteiger charge is 2.10. The quantitative estimate of drug-likeness (QED) is 0.640. The number of hydrogen-bond acceptors (Lipinski definition) is 1. The summed E-state index contributed by atoms with van der Waals surface area (Å²) < 4.78 is 0. The lowest BCUT2D eigenvalue weighted by Gasteiger charge is -2.21. The minimum Gasteiger partial charge on any atom is -0.303 e. The molecule has 1 rings (SSSR count). The summed E-state index contributed by atoms with van der Waals surface area (Å²) in [5.41, 5.74) is 0. The molecule has 0 amide bonds. The van der Waals surface area contributed by atoms with E-state index in [0.29, 0.717) is 0 Å². The van der Waals surface area contributed by atoms with E-state index in [2.05, 4.69) is 18.7 Å². The Labute approximate surface area is 96.2 Å². The van der Waals surface area contributed by atoms with Gasteiger partial charge in [0.2, 0.25) is 0 Å². The van der Waals surface area contributed by atoms with Gasteiger partial charge >= 0.3 is 0 Å². The van der Waals surface area contributed by atoms with E-state index in [1.165, 1.54) is 71.0 Å². The van der Waals surface area contributed by atoms with Gasteiger partial charge in [0.25, 0.3) is 0 Å². The summed E-state index contributed by atoms with van der Waals surface area (Å²) in [6, 6.07) is 0. The molecule has 1 saturated heterocycles. The van der Waals surface area contributed by atoms with E-state index < -0.39 is 0 Å². The zero-order valence-corrected chi connectivity index (χ0v) is 10.8. The van der Waals surface area contributed by atoms with Crippen molar-refractivity contribution in [1.82, 2.24) is 4.90 Å². The molecule has 1 nitrogen and oxygen atoms in total. The second kappa shape index (κ2) is 8.15. The van der Waals surface area contributed by atoms with Gasteiger partial charge < -0.3 is 4.90 Å². The van der Waals surface area contributed by atoms with E-state index in [-0.39, 0.29) is 0 Å². The van der Waals surface area contributed by atoms with E-state index in [4.69, 9.17) is 0 Å². The molecule has 0 saturated carbocycles. The highest BCUT2D eigenvalue weighted by atomic mass is 15.1. The van der Waals surface area contributed by atoms with Crippen molar-refractivity contribution in [1.29, 1.82) is 0 Å². The minimum absolute atomic E-state index is 0.938. The van der Waals surface area contributed by atoms with Crippen LogP contribution in [-0.4, -0.2) is 24.5 Å². The van der Waals surface area contributed by atoms with Crippen LogP contribution in [0.25, 0.3) is 0 Å². The lowest BCUT2D eigenvalue weighted by molar-refractivity contribution is 0.260. The smallest absolute Gasteiger partial charge is 0.00162 e. The summed E-state index contributed by atoms with van der Waals surface area (Å²) in [6.07, 6.45) is 11.4. The van der Waals surface area contributed by atoms with Crippen molar-refractivity contribution in [3.05, 3.63) is 0 Å². The van der Waals surface area contributed by atoms with E-state index >= 15 is 0 Å². The number of rotatable bonds is 6. The van der Waals surface area contributed by atoms with Gasteiger partial charge in [-0.25, -0.2) is 0 Å². The highest BCUT2D eigenvalue weighted by molar-refractivity contribution is 4.65. The Bertz CT molecular complexity index is 136. The third-order valence-corrected chi connectivity index (χ3v) is 3.69. The predicted octanol–water partition coefficient (Wildman–Crippen LogP) is 4.08. The molecule has 0 radical (unpaired) electrons. The van der Waals surface area contributed by atoms with Gasteiger partial charge in [0.05, 0.1) is 0 Å². The van der Waals surface area contributed by atoms with Gasteiger partial charge in [-0.3, -0.25) is 0 Å². The molecule has 0 aromatic rings. The summed E-state index contributed by atoms with van der Waals surface area (Å²) in [5, 5.41) is 0. The summed E-state index contributed by atoms with van der Waals surface area (Å²) >= 11 is 0. The summed E-state index contributed by atoms with van der Waals surface area (Å²) in [6.45, 7) is 8.79. The van der Waals surface area contributed by atoms with Gasteiger partial charge in [-0.1, -0.05) is 46.0 Å². The molecule has 1 atom stereocenters. The van der Waals surface area contributed by atoms with Crippen molar-refractivity contribution < 1.29 is 0 Å². The lowest BCUT2D eigenvalue weighted by Crippen LogP contribution is -2.26. The van der Waals surface area contributed by atoms with Gasteiger partial charge in [-0.2, -0.15) is 0 Å². The molecule has 0 aromatic carbocycles. The van der Waals surface area contributed by atoms with Crippen molar-refractivity contribution in [3.63, 3.8) is 0 Å². The van der Waals surface area contributed by atoms with E-state index in [1.54, 1.807) is 0 Å². The Hall–Kier alpha value is -0.0400. The fourth-order valence-corrected chi connectivity index (χ4v) is 2.46. The molecule has 1 aliphatic rings. The predicted molar refractivity (Wildman–Crippen MR) is 68.2 cm³/mol. The first-order valence-electron chi connectivity index (χ1n) is 7.05. The molecule has 1 heteroatoms. The van der Waals surface area contributed by atoms with Crippen molar-refractivity contribution in [2.24, 2.45) is 5.92 Å². The largest absolute Gasteiger partial charge is 0.303 e. The fraction of sp³-hybridized carbons (Fsp3) is 1.00. The van der Waals surface area contributed by atoms with Crippen LogP contribution < -0.4 is 0 Å². The van der Waals surface area contributed by atoms with Gasteiger partial charge in [-0.05, 0) is 44.8 Å². The van der Waals surface area contributed by atoms with Crippen LogP contribution in [0.5, 0.6) is 0 Å². The van der Waals surface area contributed by atoms with Gasteiger partial charge in [-0.15, -0.1) is 0 Å². The molecule has 0 spiro atoms. The van der Waals surface area contributed by atoms with Crippen LogP contribution in [0, 0.1) is 5.92 Å². The molecule has 15 heavy (non-hydrogen) atoms. The molecule has 1 fully saturated rings. The van der Waals surface area contributed by atoms with Crippen molar-refractivity contribution in [2.45, 2.75) is 65.2 Å². The molecule has 1 unspecified atom stereocenters. The van der Waals surface area contributed by atoms with Crippen LogP contribution >= 0.6 is 0 Å². The van der Waals surface area contributed by atoms with Crippen LogP contribution in [0.2, 0.25) is 0 Å². The Morgan fingerprint density at radius 2 is 1.67 bits per heavy atom. The molecule has 1 aliphatic heterocycles. The van der Waals surface area contributed by atoms with Crippen molar-refractivity contribution in [3.8, 4) is 0 Å². The molecule has 0 N–H and O–H groups in total. The zero-order chi connectivity index (χ0) is 10.9. The number of nitrogens with zero attached hydrogens (tertiary/aromatic N) is 1. The molecule has 0 aliphatic carbocycles. The normalized spacial score (nSPS) is 21.2. The van der Waals surface area contributed by atoms with Crippen molar-refractivity contribution in [2.75, 3.05) is 19.6 Å². The third-order valence-electron chi connectivity index (χ3n) is 3.69. The first-order chi connectivity index (χ1) is 7.33. The van der Waals surface area contributed by atoms with E-state index in [9.17, 15) is 0 Å². The molecule has 90 valence electrons. The Balaban J connectivity index is 2.06. The highest BCUT2D eigenvalue weighted by Crippen LogP contribution is 2.15. The summed E-state index contributed by atoms with van der Waals surface area (Å²) in [7, 11) is 0. The van der Waals surface area contributed by atoms with Crippen LogP contribution in [0.3, 0.4) is 0 Å². The maximum atomic E-state index is 2.69. The average Bonchev–Trinajstić information content (AvgIpc) is 2.51. The second-order valence-corrected chi connectivity index (χ2v) is 5.29. The molecule has 0 bridgehead atoms. The number of likely N-dealkylation sites (tertiary alicyclic amines) is 1. The number of hydrogen-bond donors (Lipinski definition) is 0. The molecule has 1 heterocycles. The van der Waals surface area contributed by atoms with Crippen LogP contribution in [0.4, 0.5) is 0 Å². The second-order valence-electron chi connectivity index (χ2n) is 5.29. The minimum atomic E-state index is 0.938. The monoisotopic (exact) mass is 211 g/mol. The summed E-state index contributed by atoms with van der Waals surface area (Å²) in [4.78, 5) is 2.69. The lowest BCUT2D eigenvalue weighted by atomic mass is 10.0.